The lowest BCUT2D eigenvalue weighted by molar-refractivity contribution is 0.0663. The summed E-state index contributed by atoms with van der Waals surface area (Å²) in [5.41, 5.74) is 2.91. The maximum atomic E-state index is 10.9. The molecule has 1 aromatic heterocycles. The molecular weight excluding hydrogens is 316 g/mol. The van der Waals surface area contributed by atoms with Crippen molar-refractivity contribution >= 4 is 5.97 Å². The van der Waals surface area contributed by atoms with Gasteiger partial charge in [0.1, 0.15) is 11.5 Å². The summed E-state index contributed by atoms with van der Waals surface area (Å²) in [7, 11) is 0. The normalized spacial score (nSPS) is 10.6. The van der Waals surface area contributed by atoms with Crippen LogP contribution in [-0.4, -0.2) is 17.7 Å². The number of aromatic carboxylic acids is 1. The third-order valence-corrected chi connectivity index (χ3v) is 3.94. The van der Waals surface area contributed by atoms with Crippen LogP contribution >= 0.6 is 0 Å². The van der Waals surface area contributed by atoms with E-state index in [2.05, 4.69) is 6.92 Å². The summed E-state index contributed by atoms with van der Waals surface area (Å²) in [5, 5.41) is 8.95. The molecule has 128 valence electrons. The fourth-order valence-corrected chi connectivity index (χ4v) is 2.58. The van der Waals surface area contributed by atoms with Crippen LogP contribution in [0.25, 0.3) is 22.5 Å². The smallest absolute Gasteiger partial charge is 0.371 e. The lowest BCUT2D eigenvalue weighted by Gasteiger charge is -2.11. The molecule has 0 bridgehead atoms. The molecule has 2 aromatic carbocycles. The summed E-state index contributed by atoms with van der Waals surface area (Å²) in [6.45, 7) is 2.84. The number of rotatable bonds is 7. The van der Waals surface area contributed by atoms with Crippen LogP contribution in [0.15, 0.2) is 65.1 Å². The predicted molar refractivity (Wildman–Crippen MR) is 96.9 cm³/mol. The molecule has 0 aliphatic heterocycles. The van der Waals surface area contributed by atoms with Gasteiger partial charge in [-0.2, -0.15) is 0 Å². The van der Waals surface area contributed by atoms with Crippen LogP contribution in [-0.2, 0) is 0 Å². The van der Waals surface area contributed by atoms with E-state index >= 15 is 0 Å². The SMILES string of the molecule is CCCCOc1ccccc1-c1ccc(-c2ccc(C(=O)O)o2)cc1. The molecule has 4 heteroatoms. The zero-order chi connectivity index (χ0) is 17.6. The monoisotopic (exact) mass is 336 g/mol. The fraction of sp³-hybridized carbons (Fsp3) is 0.190. The van der Waals surface area contributed by atoms with Gasteiger partial charge in [0.05, 0.1) is 6.61 Å². The maximum Gasteiger partial charge on any atom is 0.371 e. The van der Waals surface area contributed by atoms with Crippen molar-refractivity contribution in [1.82, 2.24) is 0 Å². The van der Waals surface area contributed by atoms with E-state index in [1.54, 1.807) is 6.07 Å². The summed E-state index contributed by atoms with van der Waals surface area (Å²) in [6, 6.07) is 18.9. The lowest BCUT2D eigenvalue weighted by atomic mass is 10.0. The topological polar surface area (TPSA) is 59.7 Å². The second-order valence-corrected chi connectivity index (χ2v) is 5.74. The largest absolute Gasteiger partial charge is 0.493 e. The summed E-state index contributed by atoms with van der Waals surface area (Å²) < 4.78 is 11.2. The van der Waals surface area contributed by atoms with Crippen molar-refractivity contribution in [2.75, 3.05) is 6.61 Å². The molecule has 1 N–H and O–H groups in total. The number of unbranched alkanes of at least 4 members (excludes halogenated alkanes) is 1. The Hall–Kier alpha value is -3.01. The van der Waals surface area contributed by atoms with Gasteiger partial charge in [0, 0.05) is 11.1 Å². The molecule has 0 aliphatic rings. The first-order valence-electron chi connectivity index (χ1n) is 8.35. The maximum absolute atomic E-state index is 10.9. The van der Waals surface area contributed by atoms with Crippen molar-refractivity contribution in [1.29, 1.82) is 0 Å². The second-order valence-electron chi connectivity index (χ2n) is 5.74. The minimum Gasteiger partial charge on any atom is -0.493 e. The van der Waals surface area contributed by atoms with Crippen molar-refractivity contribution < 1.29 is 19.1 Å². The van der Waals surface area contributed by atoms with Gasteiger partial charge in [0.15, 0.2) is 0 Å². The molecule has 4 nitrogen and oxygen atoms in total. The van der Waals surface area contributed by atoms with E-state index in [1.165, 1.54) is 6.07 Å². The molecule has 1 heterocycles. The Labute approximate surface area is 146 Å². The third-order valence-electron chi connectivity index (χ3n) is 3.94. The van der Waals surface area contributed by atoms with Crippen LogP contribution in [0, 0.1) is 0 Å². The zero-order valence-corrected chi connectivity index (χ0v) is 14.1. The highest BCUT2D eigenvalue weighted by Gasteiger charge is 2.11. The number of hydrogen-bond donors (Lipinski definition) is 1. The number of hydrogen-bond acceptors (Lipinski definition) is 3. The third kappa shape index (κ3) is 3.91. The number of para-hydroxylation sites is 1. The van der Waals surface area contributed by atoms with Crippen LogP contribution < -0.4 is 4.74 Å². The molecule has 0 unspecified atom stereocenters. The summed E-state index contributed by atoms with van der Waals surface area (Å²) in [6.07, 6.45) is 2.12. The summed E-state index contributed by atoms with van der Waals surface area (Å²) in [4.78, 5) is 10.9. The van der Waals surface area contributed by atoms with E-state index in [0.717, 1.165) is 35.3 Å². The average molecular weight is 336 g/mol. The van der Waals surface area contributed by atoms with E-state index in [9.17, 15) is 4.79 Å². The van der Waals surface area contributed by atoms with E-state index < -0.39 is 5.97 Å². The molecule has 0 atom stereocenters. The van der Waals surface area contributed by atoms with Gasteiger partial charge in [-0.3, -0.25) is 0 Å². The van der Waals surface area contributed by atoms with Gasteiger partial charge < -0.3 is 14.3 Å². The molecule has 3 rings (SSSR count). The van der Waals surface area contributed by atoms with Crippen molar-refractivity contribution in [3.63, 3.8) is 0 Å². The molecule has 0 saturated carbocycles. The van der Waals surface area contributed by atoms with Crippen LogP contribution in [0.1, 0.15) is 30.3 Å². The Morgan fingerprint density at radius 1 is 1.00 bits per heavy atom. The number of furan rings is 1. The van der Waals surface area contributed by atoms with Crippen LogP contribution in [0.2, 0.25) is 0 Å². The van der Waals surface area contributed by atoms with E-state index in [1.807, 2.05) is 48.5 Å². The standard InChI is InChI=1S/C21H20O4/c1-2-3-14-24-19-7-5-4-6-17(19)15-8-10-16(11-9-15)18-12-13-20(25-18)21(22)23/h4-13H,2-3,14H2,1H3,(H,22,23). The van der Waals surface area contributed by atoms with Gasteiger partial charge in [-0.25, -0.2) is 4.79 Å². The Kier molecular flexibility index (Phi) is 5.19. The van der Waals surface area contributed by atoms with Gasteiger partial charge in [-0.1, -0.05) is 55.8 Å². The Bertz CT molecular complexity index is 846. The Balaban J connectivity index is 1.83. The Morgan fingerprint density at radius 2 is 1.72 bits per heavy atom. The minimum atomic E-state index is -1.07. The number of carboxylic acids is 1. The van der Waals surface area contributed by atoms with Gasteiger partial charge >= 0.3 is 5.97 Å². The summed E-state index contributed by atoms with van der Waals surface area (Å²) in [5.74, 6) is 0.279. The molecule has 25 heavy (non-hydrogen) atoms. The van der Waals surface area contributed by atoms with Gasteiger partial charge in [-0.15, -0.1) is 0 Å². The van der Waals surface area contributed by atoms with Crippen LogP contribution in [0.3, 0.4) is 0 Å². The highest BCUT2D eigenvalue weighted by Crippen LogP contribution is 2.32. The molecule has 0 radical (unpaired) electrons. The van der Waals surface area contributed by atoms with Crippen LogP contribution in [0.5, 0.6) is 5.75 Å². The highest BCUT2D eigenvalue weighted by atomic mass is 16.5. The molecule has 0 spiro atoms. The van der Waals surface area contributed by atoms with Crippen LogP contribution in [0.4, 0.5) is 0 Å². The zero-order valence-electron chi connectivity index (χ0n) is 14.1. The van der Waals surface area contributed by atoms with Gasteiger partial charge in [0.2, 0.25) is 5.76 Å². The first kappa shape index (κ1) is 16.8. The second kappa shape index (κ2) is 7.71. The van der Waals surface area contributed by atoms with Crippen molar-refractivity contribution in [2.24, 2.45) is 0 Å². The van der Waals surface area contributed by atoms with E-state index in [-0.39, 0.29) is 5.76 Å². The molecule has 0 saturated heterocycles. The number of carboxylic acid groups (broad SMARTS) is 1. The molecular formula is C21H20O4. The van der Waals surface area contributed by atoms with Crippen molar-refractivity contribution in [3.05, 3.63) is 66.4 Å². The first-order chi connectivity index (χ1) is 12.2. The highest BCUT2D eigenvalue weighted by molar-refractivity contribution is 5.85. The van der Waals surface area contributed by atoms with Gasteiger partial charge in [-0.05, 0) is 30.2 Å². The van der Waals surface area contributed by atoms with E-state index in [4.69, 9.17) is 14.3 Å². The molecule has 3 aromatic rings. The predicted octanol–water partition coefficient (Wildman–Crippen LogP) is 5.49. The lowest BCUT2D eigenvalue weighted by Crippen LogP contribution is -1.97. The molecule has 0 amide bonds. The fourth-order valence-electron chi connectivity index (χ4n) is 2.58. The van der Waals surface area contributed by atoms with Crippen molar-refractivity contribution in [3.8, 4) is 28.2 Å². The number of carbonyl (C=O) groups is 1. The summed E-state index contributed by atoms with van der Waals surface area (Å²) >= 11 is 0. The quantitative estimate of drug-likeness (QED) is 0.580. The minimum absolute atomic E-state index is 0.0613. The van der Waals surface area contributed by atoms with Gasteiger partial charge in [0.25, 0.3) is 0 Å². The molecule has 0 fully saturated rings. The first-order valence-corrected chi connectivity index (χ1v) is 8.35. The number of ether oxygens (including phenoxy) is 1. The molecule has 0 aliphatic carbocycles. The van der Waals surface area contributed by atoms with E-state index in [0.29, 0.717) is 12.4 Å². The van der Waals surface area contributed by atoms with Crippen molar-refractivity contribution in [2.45, 2.75) is 19.8 Å². The number of benzene rings is 2. The Morgan fingerprint density at radius 3 is 2.40 bits per heavy atom. The average Bonchev–Trinajstić information content (AvgIpc) is 3.13.